The van der Waals surface area contributed by atoms with Crippen molar-refractivity contribution in [3.63, 3.8) is 0 Å². The molecule has 0 radical (unpaired) electrons. The highest BCUT2D eigenvalue weighted by atomic mass is 16.7. The molecular formula is C35H64O10. The van der Waals surface area contributed by atoms with E-state index in [1.807, 2.05) is 0 Å². The van der Waals surface area contributed by atoms with Crippen molar-refractivity contribution < 1.29 is 49.0 Å². The van der Waals surface area contributed by atoms with Gasteiger partial charge in [-0.1, -0.05) is 103 Å². The number of aliphatic hydroxyl groups excluding tert-OH is 4. The molecule has 0 bridgehead atoms. The van der Waals surface area contributed by atoms with E-state index in [9.17, 15) is 30.0 Å². The fraction of sp³-hybridized carbons (Fsp3) is 0.886. The van der Waals surface area contributed by atoms with Crippen LogP contribution in [-0.4, -0.2) is 89.0 Å². The topological polar surface area (TPSA) is 152 Å². The number of allylic oxidation sites excluding steroid dienone is 2. The number of aliphatic hydroxyl groups is 4. The summed E-state index contributed by atoms with van der Waals surface area (Å²) in [4.78, 5) is 24.9. The molecular weight excluding hydrogens is 580 g/mol. The van der Waals surface area contributed by atoms with Crippen LogP contribution in [-0.2, 0) is 28.5 Å². The number of carbonyl (C=O) groups is 2. The third-order valence-electron chi connectivity index (χ3n) is 8.15. The zero-order valence-corrected chi connectivity index (χ0v) is 28.1. The first-order valence-corrected chi connectivity index (χ1v) is 17.8. The molecule has 1 unspecified atom stereocenters. The smallest absolute Gasteiger partial charge is 0.306 e. The van der Waals surface area contributed by atoms with E-state index in [-0.39, 0.29) is 26.1 Å². The van der Waals surface area contributed by atoms with Gasteiger partial charge in [0.1, 0.15) is 31.0 Å². The van der Waals surface area contributed by atoms with E-state index >= 15 is 0 Å². The average Bonchev–Trinajstić information content (AvgIpc) is 3.03. The Kier molecular flexibility index (Phi) is 25.4. The molecule has 45 heavy (non-hydrogen) atoms. The van der Waals surface area contributed by atoms with Crippen molar-refractivity contribution in [2.24, 2.45) is 0 Å². The first-order chi connectivity index (χ1) is 21.8. The molecule has 1 fully saturated rings. The summed E-state index contributed by atoms with van der Waals surface area (Å²) in [6, 6.07) is 0. The lowest BCUT2D eigenvalue weighted by atomic mass is 9.99. The van der Waals surface area contributed by atoms with Crippen molar-refractivity contribution in [3.8, 4) is 0 Å². The highest BCUT2D eigenvalue weighted by molar-refractivity contribution is 5.70. The van der Waals surface area contributed by atoms with Crippen LogP contribution in [0, 0.1) is 0 Å². The predicted molar refractivity (Wildman–Crippen MR) is 173 cm³/mol. The molecule has 0 aromatic heterocycles. The molecule has 6 atom stereocenters. The maximum absolute atomic E-state index is 12.6. The lowest BCUT2D eigenvalue weighted by Gasteiger charge is -2.39. The maximum atomic E-state index is 12.6. The molecule has 0 spiro atoms. The van der Waals surface area contributed by atoms with Gasteiger partial charge in [-0.05, 0) is 38.5 Å². The lowest BCUT2D eigenvalue weighted by Crippen LogP contribution is -2.59. The molecule has 0 aromatic rings. The summed E-state index contributed by atoms with van der Waals surface area (Å²) in [5.41, 5.74) is 0. The molecule has 264 valence electrons. The molecule has 1 heterocycles. The van der Waals surface area contributed by atoms with Crippen LogP contribution < -0.4 is 0 Å². The van der Waals surface area contributed by atoms with E-state index in [2.05, 4.69) is 26.0 Å². The molecule has 10 heteroatoms. The Morgan fingerprint density at radius 2 is 1.18 bits per heavy atom. The molecule has 1 rings (SSSR count). The maximum Gasteiger partial charge on any atom is 0.306 e. The lowest BCUT2D eigenvalue weighted by molar-refractivity contribution is -0.305. The van der Waals surface area contributed by atoms with E-state index in [1.54, 1.807) is 0 Å². The fourth-order valence-electron chi connectivity index (χ4n) is 5.24. The predicted octanol–water partition coefficient (Wildman–Crippen LogP) is 5.66. The van der Waals surface area contributed by atoms with Crippen LogP contribution in [0.25, 0.3) is 0 Å². The minimum atomic E-state index is -1.59. The zero-order chi connectivity index (χ0) is 33.1. The summed E-state index contributed by atoms with van der Waals surface area (Å²) >= 11 is 0. The normalized spacial score (nSPS) is 22.5. The Morgan fingerprint density at radius 1 is 0.667 bits per heavy atom. The number of unbranched alkanes of at least 4 members (excludes halogenated alkanes) is 15. The number of carbonyl (C=O) groups excluding carboxylic acids is 2. The van der Waals surface area contributed by atoms with E-state index < -0.39 is 55.4 Å². The van der Waals surface area contributed by atoms with E-state index in [0.717, 1.165) is 64.2 Å². The molecule has 4 N–H and O–H groups in total. The molecule has 1 aliphatic heterocycles. The van der Waals surface area contributed by atoms with Gasteiger partial charge in [-0.25, -0.2) is 0 Å². The summed E-state index contributed by atoms with van der Waals surface area (Å²) in [6.07, 6.45) is 17.0. The number of hydrogen-bond donors (Lipinski definition) is 4. The van der Waals surface area contributed by atoms with Crippen LogP contribution in [0.4, 0.5) is 0 Å². The summed E-state index contributed by atoms with van der Waals surface area (Å²) in [5.74, 6) is -0.830. The third kappa shape index (κ3) is 20.3. The standard InChI is InChI=1S/C35H64O10/c1-3-5-7-9-10-11-12-13-14-15-16-17-18-20-22-24-31(38)44-28(26-42-30(37)23-21-19-8-6-4-2)27-43-35-34(41)33(40)32(39)29(25-36)45-35/h13-14,28-29,32-36,39-41H,3-12,15-27H2,1-2H3/b14-13+/t28?,29-,32+,33+,34-,35-/m1/s1. The highest BCUT2D eigenvalue weighted by Crippen LogP contribution is 2.22. The second-order valence-corrected chi connectivity index (χ2v) is 12.3. The molecule has 0 saturated carbocycles. The second-order valence-electron chi connectivity index (χ2n) is 12.3. The van der Waals surface area contributed by atoms with Crippen molar-refractivity contribution in [3.05, 3.63) is 12.2 Å². The van der Waals surface area contributed by atoms with Gasteiger partial charge >= 0.3 is 11.9 Å². The third-order valence-corrected chi connectivity index (χ3v) is 8.15. The summed E-state index contributed by atoms with van der Waals surface area (Å²) in [5, 5.41) is 39.7. The van der Waals surface area contributed by atoms with Crippen molar-refractivity contribution in [2.75, 3.05) is 19.8 Å². The first kappa shape index (κ1) is 41.5. The van der Waals surface area contributed by atoms with Crippen LogP contribution in [0.15, 0.2) is 12.2 Å². The van der Waals surface area contributed by atoms with Crippen molar-refractivity contribution in [1.29, 1.82) is 0 Å². The highest BCUT2D eigenvalue weighted by Gasteiger charge is 2.44. The average molecular weight is 645 g/mol. The minimum Gasteiger partial charge on any atom is -0.462 e. The van der Waals surface area contributed by atoms with Gasteiger partial charge in [-0.15, -0.1) is 0 Å². The van der Waals surface area contributed by atoms with Crippen molar-refractivity contribution in [1.82, 2.24) is 0 Å². The zero-order valence-electron chi connectivity index (χ0n) is 28.1. The summed E-state index contributed by atoms with van der Waals surface area (Å²) in [7, 11) is 0. The Balaban J connectivity index is 2.38. The monoisotopic (exact) mass is 644 g/mol. The molecule has 0 aliphatic carbocycles. The molecule has 1 saturated heterocycles. The Hall–Kier alpha value is -1.56. The van der Waals surface area contributed by atoms with Crippen LogP contribution >= 0.6 is 0 Å². The van der Waals surface area contributed by atoms with Crippen molar-refractivity contribution >= 4 is 11.9 Å². The number of ether oxygens (including phenoxy) is 4. The van der Waals surface area contributed by atoms with Gasteiger partial charge in [0.05, 0.1) is 13.2 Å². The van der Waals surface area contributed by atoms with E-state index in [0.29, 0.717) is 6.42 Å². The van der Waals surface area contributed by atoms with Gasteiger partial charge in [-0.2, -0.15) is 0 Å². The number of esters is 2. The van der Waals surface area contributed by atoms with Crippen LogP contribution in [0.5, 0.6) is 0 Å². The van der Waals surface area contributed by atoms with Crippen LogP contribution in [0.1, 0.15) is 142 Å². The van der Waals surface area contributed by atoms with Gasteiger partial charge in [0.2, 0.25) is 0 Å². The largest absolute Gasteiger partial charge is 0.462 e. The number of hydrogen-bond acceptors (Lipinski definition) is 10. The van der Waals surface area contributed by atoms with Crippen LogP contribution in [0.3, 0.4) is 0 Å². The van der Waals surface area contributed by atoms with Gasteiger partial charge in [0.15, 0.2) is 12.4 Å². The van der Waals surface area contributed by atoms with E-state index in [4.69, 9.17) is 18.9 Å². The molecule has 0 aromatic carbocycles. The van der Waals surface area contributed by atoms with E-state index in [1.165, 1.54) is 44.9 Å². The number of rotatable bonds is 28. The SMILES string of the molecule is CCCCCCCC/C=C/CCCCCCCC(=O)OC(COC(=O)CCCCCCC)CO[C@@H]1O[C@H](CO)[C@H](O)[C@H](O)[C@H]1O. The summed E-state index contributed by atoms with van der Waals surface area (Å²) < 4.78 is 21.9. The second kappa shape index (κ2) is 27.5. The molecule has 0 amide bonds. The molecule has 10 nitrogen and oxygen atoms in total. The molecule has 1 aliphatic rings. The minimum absolute atomic E-state index is 0.219. The van der Waals surface area contributed by atoms with Gasteiger partial charge in [-0.3, -0.25) is 9.59 Å². The fourth-order valence-corrected chi connectivity index (χ4v) is 5.24. The van der Waals surface area contributed by atoms with Gasteiger partial charge in [0.25, 0.3) is 0 Å². The Labute approximate surface area is 271 Å². The van der Waals surface area contributed by atoms with Crippen molar-refractivity contribution in [2.45, 2.75) is 179 Å². The van der Waals surface area contributed by atoms with Crippen LogP contribution in [0.2, 0.25) is 0 Å². The first-order valence-electron chi connectivity index (χ1n) is 17.8. The quantitative estimate of drug-likeness (QED) is 0.0477. The van der Waals surface area contributed by atoms with Gasteiger partial charge < -0.3 is 39.4 Å². The Bertz CT molecular complexity index is 759. The summed E-state index contributed by atoms with van der Waals surface area (Å²) in [6.45, 7) is 3.28. The Morgan fingerprint density at radius 3 is 1.73 bits per heavy atom. The van der Waals surface area contributed by atoms with Gasteiger partial charge in [0, 0.05) is 12.8 Å².